The number of urea groups is 1. The average Bonchev–Trinajstić information content (AvgIpc) is 2.28. The van der Waals surface area contributed by atoms with Crippen LogP contribution in [0.25, 0.3) is 0 Å². The van der Waals surface area contributed by atoms with Crippen molar-refractivity contribution in [3.8, 4) is 0 Å². The minimum atomic E-state index is -0.901. The Hall–Kier alpha value is -0.910. The highest BCUT2D eigenvalue weighted by molar-refractivity contribution is 7.99. The average molecular weight is 274 g/mol. The summed E-state index contributed by atoms with van der Waals surface area (Å²) in [5.74, 6) is -0.901. The Morgan fingerprint density at radius 3 is 2.67 bits per heavy atom. The molecule has 1 aliphatic carbocycles. The van der Waals surface area contributed by atoms with Crippen LogP contribution in [-0.4, -0.2) is 40.7 Å². The molecule has 0 radical (unpaired) electrons. The molecule has 1 rings (SSSR count). The summed E-state index contributed by atoms with van der Waals surface area (Å²) >= 11 is 1.79. The molecular formula is C12H22N2O3S. The molecule has 0 saturated heterocycles. The molecule has 1 aliphatic rings. The van der Waals surface area contributed by atoms with E-state index in [1.165, 1.54) is 6.42 Å². The van der Waals surface area contributed by atoms with Crippen LogP contribution in [0.3, 0.4) is 0 Å². The molecule has 6 heteroatoms. The van der Waals surface area contributed by atoms with Crippen LogP contribution in [0.5, 0.6) is 0 Å². The zero-order valence-corrected chi connectivity index (χ0v) is 11.8. The highest BCUT2D eigenvalue weighted by Crippen LogP contribution is 2.26. The molecule has 3 atom stereocenters. The Morgan fingerprint density at radius 2 is 2.06 bits per heavy atom. The standard InChI is InChI=1S/C12H22N2O3S/c1-8(7-11(15)16)13-12(17)14-9-5-3-4-6-10(9)18-2/h8-10H,3-7H2,1-2H3,(H,15,16)(H2,13,14,17). The summed E-state index contributed by atoms with van der Waals surface area (Å²) in [5, 5.41) is 14.7. The van der Waals surface area contributed by atoms with Crippen molar-refractivity contribution >= 4 is 23.8 Å². The fourth-order valence-electron chi connectivity index (χ4n) is 2.29. The van der Waals surface area contributed by atoms with Crippen molar-refractivity contribution in [3.63, 3.8) is 0 Å². The lowest BCUT2D eigenvalue weighted by Gasteiger charge is -2.31. The Labute approximate surface area is 112 Å². The number of carboxylic acid groups (broad SMARTS) is 1. The lowest BCUT2D eigenvalue weighted by Crippen LogP contribution is -2.50. The second-order valence-corrected chi connectivity index (χ2v) is 5.86. The summed E-state index contributed by atoms with van der Waals surface area (Å²) in [6.45, 7) is 1.70. The smallest absolute Gasteiger partial charge is 0.315 e. The highest BCUT2D eigenvalue weighted by Gasteiger charge is 2.26. The molecule has 3 N–H and O–H groups in total. The van der Waals surface area contributed by atoms with Gasteiger partial charge in [0.1, 0.15) is 0 Å². The lowest BCUT2D eigenvalue weighted by atomic mass is 9.95. The predicted octanol–water partition coefficient (Wildman–Crippen LogP) is 1.82. The fourth-order valence-corrected chi connectivity index (χ4v) is 3.23. The molecule has 0 heterocycles. The van der Waals surface area contributed by atoms with Crippen molar-refractivity contribution in [1.29, 1.82) is 0 Å². The molecule has 1 saturated carbocycles. The van der Waals surface area contributed by atoms with Crippen molar-refractivity contribution in [2.45, 2.75) is 56.4 Å². The monoisotopic (exact) mass is 274 g/mol. The predicted molar refractivity (Wildman–Crippen MR) is 72.9 cm³/mol. The zero-order valence-electron chi connectivity index (χ0n) is 10.9. The van der Waals surface area contributed by atoms with Gasteiger partial charge in [0, 0.05) is 17.3 Å². The van der Waals surface area contributed by atoms with Gasteiger partial charge in [0.05, 0.1) is 6.42 Å². The van der Waals surface area contributed by atoms with Crippen LogP contribution < -0.4 is 10.6 Å². The molecule has 0 aromatic heterocycles. The van der Waals surface area contributed by atoms with E-state index in [1.807, 2.05) is 0 Å². The maximum Gasteiger partial charge on any atom is 0.315 e. The fraction of sp³-hybridized carbons (Fsp3) is 0.833. The van der Waals surface area contributed by atoms with E-state index in [0.717, 1.165) is 19.3 Å². The normalized spacial score (nSPS) is 25.2. The van der Waals surface area contributed by atoms with E-state index in [1.54, 1.807) is 18.7 Å². The summed E-state index contributed by atoms with van der Waals surface area (Å²) in [7, 11) is 0. The van der Waals surface area contributed by atoms with Crippen LogP contribution >= 0.6 is 11.8 Å². The number of hydrogen-bond acceptors (Lipinski definition) is 3. The highest BCUT2D eigenvalue weighted by atomic mass is 32.2. The number of amides is 2. The first-order chi connectivity index (χ1) is 8.52. The van der Waals surface area contributed by atoms with E-state index in [4.69, 9.17) is 5.11 Å². The van der Waals surface area contributed by atoms with Gasteiger partial charge in [0.25, 0.3) is 0 Å². The molecule has 0 bridgehead atoms. The second kappa shape index (κ2) is 7.51. The third-order valence-electron chi connectivity index (χ3n) is 3.18. The minimum Gasteiger partial charge on any atom is -0.481 e. The van der Waals surface area contributed by atoms with Gasteiger partial charge in [0.2, 0.25) is 0 Å². The zero-order chi connectivity index (χ0) is 13.5. The van der Waals surface area contributed by atoms with E-state index in [9.17, 15) is 9.59 Å². The summed E-state index contributed by atoms with van der Waals surface area (Å²) in [4.78, 5) is 22.2. The van der Waals surface area contributed by atoms with Gasteiger partial charge in [0.15, 0.2) is 0 Å². The molecule has 0 aromatic carbocycles. The third kappa shape index (κ3) is 5.16. The van der Waals surface area contributed by atoms with Crippen LogP contribution in [0.2, 0.25) is 0 Å². The van der Waals surface area contributed by atoms with E-state index in [-0.39, 0.29) is 24.5 Å². The first kappa shape index (κ1) is 15.1. The van der Waals surface area contributed by atoms with Crippen molar-refractivity contribution in [2.24, 2.45) is 0 Å². The van der Waals surface area contributed by atoms with E-state index in [2.05, 4.69) is 16.9 Å². The van der Waals surface area contributed by atoms with Crippen molar-refractivity contribution in [2.75, 3.05) is 6.26 Å². The van der Waals surface area contributed by atoms with Crippen molar-refractivity contribution in [1.82, 2.24) is 10.6 Å². The first-order valence-corrected chi connectivity index (χ1v) is 7.63. The maximum absolute atomic E-state index is 11.7. The Balaban J connectivity index is 2.36. The van der Waals surface area contributed by atoms with Crippen LogP contribution in [0.1, 0.15) is 39.0 Å². The van der Waals surface area contributed by atoms with Gasteiger partial charge < -0.3 is 15.7 Å². The van der Waals surface area contributed by atoms with Gasteiger partial charge in [-0.15, -0.1) is 0 Å². The lowest BCUT2D eigenvalue weighted by molar-refractivity contribution is -0.137. The Morgan fingerprint density at radius 1 is 1.39 bits per heavy atom. The molecule has 2 amide bonds. The summed E-state index contributed by atoms with van der Waals surface area (Å²) in [5.41, 5.74) is 0. The largest absolute Gasteiger partial charge is 0.481 e. The number of carbonyl (C=O) groups is 2. The molecule has 0 aromatic rings. The molecular weight excluding hydrogens is 252 g/mol. The van der Waals surface area contributed by atoms with Gasteiger partial charge in [-0.2, -0.15) is 11.8 Å². The number of aliphatic carboxylic acids is 1. The molecule has 0 aliphatic heterocycles. The summed E-state index contributed by atoms with van der Waals surface area (Å²) < 4.78 is 0. The molecule has 3 unspecified atom stereocenters. The van der Waals surface area contributed by atoms with Gasteiger partial charge >= 0.3 is 12.0 Å². The van der Waals surface area contributed by atoms with Crippen molar-refractivity contribution < 1.29 is 14.7 Å². The number of hydrogen-bond donors (Lipinski definition) is 3. The van der Waals surface area contributed by atoms with Gasteiger partial charge in [-0.1, -0.05) is 12.8 Å². The quantitative estimate of drug-likeness (QED) is 0.714. The molecule has 18 heavy (non-hydrogen) atoms. The van der Waals surface area contributed by atoms with Crippen LogP contribution in [0, 0.1) is 0 Å². The molecule has 5 nitrogen and oxygen atoms in total. The third-order valence-corrected chi connectivity index (χ3v) is 4.35. The molecule has 104 valence electrons. The second-order valence-electron chi connectivity index (χ2n) is 4.78. The van der Waals surface area contributed by atoms with Gasteiger partial charge in [-0.05, 0) is 26.0 Å². The molecule has 0 spiro atoms. The van der Waals surface area contributed by atoms with E-state index < -0.39 is 5.97 Å². The summed E-state index contributed by atoms with van der Waals surface area (Å²) in [6.07, 6.45) is 6.52. The number of rotatable bonds is 5. The minimum absolute atomic E-state index is 0.0515. The maximum atomic E-state index is 11.7. The summed E-state index contributed by atoms with van der Waals surface area (Å²) in [6, 6.07) is -0.403. The Kier molecular flexibility index (Phi) is 6.32. The van der Waals surface area contributed by atoms with Gasteiger partial charge in [-0.3, -0.25) is 4.79 Å². The van der Waals surface area contributed by atoms with Crippen LogP contribution in [0.15, 0.2) is 0 Å². The van der Waals surface area contributed by atoms with Crippen LogP contribution in [-0.2, 0) is 4.79 Å². The number of nitrogens with one attached hydrogen (secondary N) is 2. The van der Waals surface area contributed by atoms with Crippen molar-refractivity contribution in [3.05, 3.63) is 0 Å². The number of thioether (sulfide) groups is 1. The van der Waals surface area contributed by atoms with Crippen LogP contribution in [0.4, 0.5) is 4.79 Å². The Bertz CT molecular complexity index is 299. The topological polar surface area (TPSA) is 78.4 Å². The van der Waals surface area contributed by atoms with Gasteiger partial charge in [-0.25, -0.2) is 4.79 Å². The first-order valence-electron chi connectivity index (χ1n) is 6.34. The molecule has 1 fully saturated rings. The number of carbonyl (C=O) groups excluding carboxylic acids is 1. The SMILES string of the molecule is CSC1CCCCC1NC(=O)NC(C)CC(=O)O. The number of carboxylic acids is 1. The van der Waals surface area contributed by atoms with E-state index >= 15 is 0 Å². The van der Waals surface area contributed by atoms with E-state index in [0.29, 0.717) is 5.25 Å².